The molecule has 130 valence electrons. The van der Waals surface area contributed by atoms with Gasteiger partial charge in [-0.15, -0.1) is 12.4 Å². The largest absolute Gasteiger partial charge is 0.419 e. The molecule has 8 heteroatoms. The lowest BCUT2D eigenvalue weighted by molar-refractivity contribution is -0.140. The van der Waals surface area contributed by atoms with Crippen molar-refractivity contribution >= 4 is 18.3 Å². The maximum atomic E-state index is 13.3. The van der Waals surface area contributed by atoms with Crippen LogP contribution in [0.3, 0.4) is 0 Å². The van der Waals surface area contributed by atoms with Crippen LogP contribution in [0.5, 0.6) is 0 Å². The summed E-state index contributed by atoms with van der Waals surface area (Å²) < 4.78 is 51.4. The molecule has 1 amide bonds. The number of hydrogen-bond acceptors (Lipinski definition) is 2. The van der Waals surface area contributed by atoms with Gasteiger partial charge >= 0.3 is 6.18 Å². The first-order chi connectivity index (χ1) is 10.3. The molecule has 1 aromatic rings. The van der Waals surface area contributed by atoms with Crippen LogP contribution in [0, 0.1) is 11.7 Å². The van der Waals surface area contributed by atoms with E-state index in [2.05, 4.69) is 0 Å². The SMILES string of the molecule is Cl.NCCC1CCCN(C(=O)c2ccc(F)c(C(F)(F)F)c2)C1. The molecule has 0 aliphatic carbocycles. The molecule has 0 spiro atoms. The lowest BCUT2D eigenvalue weighted by Crippen LogP contribution is -2.40. The molecule has 23 heavy (non-hydrogen) atoms. The van der Waals surface area contributed by atoms with Crippen LogP contribution in [-0.2, 0) is 6.18 Å². The van der Waals surface area contributed by atoms with Gasteiger partial charge in [-0.25, -0.2) is 4.39 Å². The standard InChI is InChI=1S/C15H18F4N2O.ClH/c16-13-4-3-11(8-12(13)15(17,18)19)14(22)21-7-1-2-10(9-21)5-6-20;/h3-4,8,10H,1-2,5-7,9,20H2;1H. The van der Waals surface area contributed by atoms with Crippen LogP contribution in [-0.4, -0.2) is 30.4 Å². The number of rotatable bonds is 3. The number of nitrogens with zero attached hydrogens (tertiary/aromatic N) is 1. The number of carbonyl (C=O) groups is 1. The van der Waals surface area contributed by atoms with Crippen molar-refractivity contribution in [2.75, 3.05) is 19.6 Å². The molecular weight excluding hydrogens is 336 g/mol. The number of piperidine rings is 1. The zero-order valence-corrected chi connectivity index (χ0v) is 13.2. The van der Waals surface area contributed by atoms with E-state index in [9.17, 15) is 22.4 Å². The zero-order valence-electron chi connectivity index (χ0n) is 12.4. The molecule has 1 saturated heterocycles. The highest BCUT2D eigenvalue weighted by molar-refractivity contribution is 5.94. The van der Waals surface area contributed by atoms with E-state index >= 15 is 0 Å². The molecule has 1 aliphatic heterocycles. The summed E-state index contributed by atoms with van der Waals surface area (Å²) in [5, 5.41) is 0. The molecule has 1 atom stereocenters. The van der Waals surface area contributed by atoms with Crippen LogP contribution in [0.4, 0.5) is 17.6 Å². The Labute approximate surface area is 138 Å². The molecule has 1 heterocycles. The van der Waals surface area contributed by atoms with Gasteiger partial charge in [0, 0.05) is 18.7 Å². The highest BCUT2D eigenvalue weighted by Gasteiger charge is 2.35. The van der Waals surface area contributed by atoms with Crippen molar-refractivity contribution in [3.63, 3.8) is 0 Å². The van der Waals surface area contributed by atoms with Gasteiger partial charge in [0.2, 0.25) is 0 Å². The molecule has 1 aliphatic rings. The summed E-state index contributed by atoms with van der Waals surface area (Å²) in [5.74, 6) is -1.60. The second-order valence-electron chi connectivity index (χ2n) is 5.53. The van der Waals surface area contributed by atoms with Gasteiger partial charge in [0.1, 0.15) is 5.82 Å². The third-order valence-corrected chi connectivity index (χ3v) is 3.90. The third-order valence-electron chi connectivity index (χ3n) is 3.90. The third kappa shape index (κ3) is 4.81. The Morgan fingerprint density at radius 3 is 2.65 bits per heavy atom. The average molecular weight is 355 g/mol. The van der Waals surface area contributed by atoms with Gasteiger partial charge in [0.05, 0.1) is 5.56 Å². The highest BCUT2D eigenvalue weighted by atomic mass is 35.5. The summed E-state index contributed by atoms with van der Waals surface area (Å²) in [4.78, 5) is 13.9. The van der Waals surface area contributed by atoms with Crippen molar-refractivity contribution in [1.29, 1.82) is 0 Å². The minimum absolute atomic E-state index is 0. The molecule has 0 aromatic heterocycles. The minimum Gasteiger partial charge on any atom is -0.338 e. The van der Waals surface area contributed by atoms with Crippen molar-refractivity contribution in [1.82, 2.24) is 4.90 Å². The Morgan fingerprint density at radius 1 is 1.35 bits per heavy atom. The topological polar surface area (TPSA) is 46.3 Å². The Balaban J connectivity index is 0.00000264. The number of benzene rings is 1. The fourth-order valence-corrected chi connectivity index (χ4v) is 2.78. The van der Waals surface area contributed by atoms with E-state index in [1.165, 1.54) is 4.90 Å². The van der Waals surface area contributed by atoms with Crippen molar-refractivity contribution in [3.8, 4) is 0 Å². The maximum Gasteiger partial charge on any atom is 0.419 e. The van der Waals surface area contributed by atoms with Crippen LogP contribution >= 0.6 is 12.4 Å². The first-order valence-corrected chi connectivity index (χ1v) is 7.19. The Morgan fingerprint density at radius 2 is 2.04 bits per heavy atom. The van der Waals surface area contributed by atoms with Gasteiger partial charge in [-0.05, 0) is 49.9 Å². The maximum absolute atomic E-state index is 13.3. The normalized spacial score (nSPS) is 18.5. The van der Waals surface area contributed by atoms with Crippen LogP contribution in [0.25, 0.3) is 0 Å². The first-order valence-electron chi connectivity index (χ1n) is 7.19. The summed E-state index contributed by atoms with van der Waals surface area (Å²) in [7, 11) is 0. The van der Waals surface area contributed by atoms with E-state index in [4.69, 9.17) is 5.73 Å². The summed E-state index contributed by atoms with van der Waals surface area (Å²) in [6.07, 6.45) is -2.28. The predicted molar refractivity (Wildman–Crippen MR) is 80.9 cm³/mol. The lowest BCUT2D eigenvalue weighted by atomic mass is 9.94. The molecule has 2 rings (SSSR count). The predicted octanol–water partition coefficient (Wildman–Crippen LogP) is 3.47. The summed E-state index contributed by atoms with van der Waals surface area (Å²) in [6, 6.07) is 2.38. The van der Waals surface area contributed by atoms with Gasteiger partial charge in [-0.3, -0.25) is 4.79 Å². The van der Waals surface area contributed by atoms with Gasteiger partial charge in [-0.1, -0.05) is 0 Å². The molecule has 1 unspecified atom stereocenters. The Bertz CT molecular complexity index is 549. The minimum atomic E-state index is -4.82. The second kappa shape index (κ2) is 7.97. The molecule has 0 bridgehead atoms. The van der Waals surface area contributed by atoms with Gasteiger partial charge in [0.15, 0.2) is 0 Å². The van der Waals surface area contributed by atoms with E-state index in [0.717, 1.165) is 25.3 Å². The van der Waals surface area contributed by atoms with E-state index in [1.54, 1.807) is 0 Å². The highest BCUT2D eigenvalue weighted by Crippen LogP contribution is 2.32. The van der Waals surface area contributed by atoms with E-state index < -0.39 is 23.5 Å². The van der Waals surface area contributed by atoms with Crippen LogP contribution in [0.15, 0.2) is 18.2 Å². The van der Waals surface area contributed by atoms with Crippen molar-refractivity contribution in [2.45, 2.75) is 25.4 Å². The molecule has 0 saturated carbocycles. The van der Waals surface area contributed by atoms with Gasteiger partial charge in [-0.2, -0.15) is 13.2 Å². The number of hydrogen-bond donors (Lipinski definition) is 1. The number of nitrogens with two attached hydrogens (primary N) is 1. The Kier molecular flexibility index (Phi) is 6.83. The zero-order chi connectivity index (χ0) is 16.3. The Hall–Kier alpha value is -1.34. The molecule has 0 radical (unpaired) electrons. The van der Waals surface area contributed by atoms with Crippen molar-refractivity contribution in [2.24, 2.45) is 11.7 Å². The van der Waals surface area contributed by atoms with Crippen LogP contribution in [0.2, 0.25) is 0 Å². The molecule has 2 N–H and O–H groups in total. The summed E-state index contributed by atoms with van der Waals surface area (Å²) in [5.41, 5.74) is 3.96. The first kappa shape index (κ1) is 19.7. The van der Waals surface area contributed by atoms with E-state index in [0.29, 0.717) is 31.8 Å². The quantitative estimate of drug-likeness (QED) is 0.845. The number of alkyl halides is 3. The van der Waals surface area contributed by atoms with Gasteiger partial charge in [0.25, 0.3) is 5.91 Å². The van der Waals surface area contributed by atoms with Crippen LogP contribution in [0.1, 0.15) is 35.2 Å². The van der Waals surface area contributed by atoms with Crippen molar-refractivity contribution in [3.05, 3.63) is 35.1 Å². The molecular formula is C15H19ClF4N2O. The number of likely N-dealkylation sites (tertiary alicyclic amines) is 1. The number of carbonyl (C=O) groups excluding carboxylic acids is 1. The number of amides is 1. The second-order valence-corrected chi connectivity index (χ2v) is 5.53. The lowest BCUT2D eigenvalue weighted by Gasteiger charge is -2.32. The van der Waals surface area contributed by atoms with E-state index in [-0.39, 0.29) is 23.9 Å². The fraction of sp³-hybridized carbons (Fsp3) is 0.533. The molecule has 1 fully saturated rings. The fourth-order valence-electron chi connectivity index (χ4n) is 2.78. The van der Waals surface area contributed by atoms with E-state index in [1.807, 2.05) is 0 Å². The monoisotopic (exact) mass is 354 g/mol. The number of halogens is 5. The van der Waals surface area contributed by atoms with Gasteiger partial charge < -0.3 is 10.6 Å². The average Bonchev–Trinajstić information content (AvgIpc) is 2.46. The summed E-state index contributed by atoms with van der Waals surface area (Å²) >= 11 is 0. The molecule has 3 nitrogen and oxygen atoms in total. The van der Waals surface area contributed by atoms with Crippen LogP contribution < -0.4 is 5.73 Å². The smallest absolute Gasteiger partial charge is 0.338 e. The molecule has 1 aromatic carbocycles. The summed E-state index contributed by atoms with van der Waals surface area (Å²) in [6.45, 7) is 1.49. The van der Waals surface area contributed by atoms with Crippen molar-refractivity contribution < 1.29 is 22.4 Å².